The molecule has 0 spiro atoms. The maximum atomic E-state index is 13.0. The molecular formula is C22H24Cl2N2O3. The predicted octanol–water partition coefficient (Wildman–Crippen LogP) is 5.83. The first-order valence-electron chi connectivity index (χ1n) is 9.40. The Balaban J connectivity index is 2.09. The second kappa shape index (κ2) is 8.34. The molecule has 2 aromatic rings. The summed E-state index contributed by atoms with van der Waals surface area (Å²) in [7, 11) is 0. The van der Waals surface area contributed by atoms with E-state index in [2.05, 4.69) is 0 Å². The van der Waals surface area contributed by atoms with Crippen molar-refractivity contribution < 1.29 is 14.3 Å². The molecule has 29 heavy (non-hydrogen) atoms. The molecule has 0 radical (unpaired) electrons. The van der Waals surface area contributed by atoms with Crippen LogP contribution in [0.4, 0.5) is 4.79 Å². The van der Waals surface area contributed by atoms with Gasteiger partial charge in [0.25, 0.3) is 0 Å². The van der Waals surface area contributed by atoms with Gasteiger partial charge in [-0.05, 0) is 45.4 Å². The molecule has 7 heteroatoms. The molecule has 154 valence electrons. The van der Waals surface area contributed by atoms with E-state index in [9.17, 15) is 9.59 Å². The molecule has 1 heterocycles. The summed E-state index contributed by atoms with van der Waals surface area (Å²) < 4.78 is 5.51. The second-order valence-corrected chi connectivity index (χ2v) is 8.83. The molecule has 0 saturated carbocycles. The van der Waals surface area contributed by atoms with E-state index in [1.54, 1.807) is 39.0 Å². The van der Waals surface area contributed by atoms with E-state index < -0.39 is 17.9 Å². The van der Waals surface area contributed by atoms with Crippen LogP contribution in [0.25, 0.3) is 0 Å². The number of hydrogen-bond acceptors (Lipinski definition) is 4. The molecule has 0 aliphatic carbocycles. The van der Waals surface area contributed by atoms with E-state index >= 15 is 0 Å². The molecule has 3 rings (SSSR count). The molecule has 0 aromatic heterocycles. The van der Waals surface area contributed by atoms with E-state index in [1.807, 2.05) is 42.2 Å². The number of nitrogens with zero attached hydrogens (tertiary/aromatic N) is 2. The minimum Gasteiger partial charge on any atom is -0.443 e. The fraction of sp³-hybridized carbons (Fsp3) is 0.364. The quantitative estimate of drug-likeness (QED) is 0.609. The van der Waals surface area contributed by atoms with Crippen LogP contribution in [-0.4, -0.2) is 33.9 Å². The summed E-state index contributed by atoms with van der Waals surface area (Å²) in [5.41, 5.74) is 0.778. The van der Waals surface area contributed by atoms with Gasteiger partial charge in [0.15, 0.2) is 0 Å². The van der Waals surface area contributed by atoms with Crippen molar-refractivity contribution in [2.45, 2.75) is 45.5 Å². The Morgan fingerprint density at radius 2 is 1.66 bits per heavy atom. The molecule has 1 aliphatic rings. The number of carbonyl (C=O) groups is 2. The molecule has 1 aliphatic heterocycles. The van der Waals surface area contributed by atoms with Gasteiger partial charge in [-0.15, -0.1) is 0 Å². The zero-order chi connectivity index (χ0) is 21.3. The summed E-state index contributed by atoms with van der Waals surface area (Å²) in [6, 6.07) is 14.7. The molecule has 1 fully saturated rings. The predicted molar refractivity (Wildman–Crippen MR) is 114 cm³/mol. The third-order valence-electron chi connectivity index (χ3n) is 4.77. The smallest absolute Gasteiger partial charge is 0.418 e. The maximum Gasteiger partial charge on any atom is 0.418 e. The highest BCUT2D eigenvalue weighted by Gasteiger charge is 2.47. The lowest BCUT2D eigenvalue weighted by atomic mass is 10.0. The highest BCUT2D eigenvalue weighted by molar-refractivity contribution is 6.36. The van der Waals surface area contributed by atoms with Crippen LogP contribution in [0.3, 0.4) is 0 Å². The van der Waals surface area contributed by atoms with E-state index in [0.29, 0.717) is 15.6 Å². The lowest BCUT2D eigenvalue weighted by Crippen LogP contribution is -2.41. The van der Waals surface area contributed by atoms with Crippen LogP contribution < -0.4 is 0 Å². The number of imide groups is 1. The second-order valence-electron chi connectivity index (χ2n) is 8.01. The molecule has 0 bridgehead atoms. The molecule has 2 aromatic carbocycles. The van der Waals surface area contributed by atoms with Crippen LogP contribution in [0, 0.1) is 0 Å². The monoisotopic (exact) mass is 434 g/mol. The van der Waals surface area contributed by atoms with Crippen LogP contribution in [0.1, 0.15) is 51.0 Å². The number of ether oxygens (including phenoxy) is 1. The van der Waals surface area contributed by atoms with E-state index in [4.69, 9.17) is 27.9 Å². The average Bonchev–Trinajstić information content (AvgIpc) is 2.97. The van der Waals surface area contributed by atoms with Crippen molar-refractivity contribution in [2.75, 3.05) is 6.54 Å². The van der Waals surface area contributed by atoms with Gasteiger partial charge in [0.1, 0.15) is 11.8 Å². The Labute approximate surface area is 181 Å². The van der Waals surface area contributed by atoms with Gasteiger partial charge in [-0.25, -0.2) is 9.69 Å². The summed E-state index contributed by atoms with van der Waals surface area (Å²) >= 11 is 13.0. The van der Waals surface area contributed by atoms with Gasteiger partial charge in [0.2, 0.25) is 5.91 Å². The maximum absolute atomic E-state index is 13.0. The molecule has 2 atom stereocenters. The van der Waals surface area contributed by atoms with Crippen LogP contribution in [0.15, 0.2) is 48.5 Å². The Hall–Kier alpha value is -2.08. The summed E-state index contributed by atoms with van der Waals surface area (Å²) in [5, 5.41) is 0.770. The number of carbonyl (C=O) groups excluding carboxylic acids is 2. The number of amides is 2. The van der Waals surface area contributed by atoms with Crippen LogP contribution in [0.2, 0.25) is 10.0 Å². The fourth-order valence-corrected chi connectivity index (χ4v) is 4.03. The van der Waals surface area contributed by atoms with Crippen molar-refractivity contribution in [3.63, 3.8) is 0 Å². The Bertz CT molecular complexity index is 892. The van der Waals surface area contributed by atoms with Gasteiger partial charge in [-0.2, -0.15) is 0 Å². The molecule has 0 unspecified atom stereocenters. The van der Waals surface area contributed by atoms with Crippen molar-refractivity contribution >= 4 is 35.2 Å². The van der Waals surface area contributed by atoms with Crippen LogP contribution in [0.5, 0.6) is 0 Å². The van der Waals surface area contributed by atoms with E-state index in [-0.39, 0.29) is 18.5 Å². The van der Waals surface area contributed by atoms with Gasteiger partial charge >= 0.3 is 6.09 Å². The first-order chi connectivity index (χ1) is 13.6. The Morgan fingerprint density at radius 3 is 2.21 bits per heavy atom. The topological polar surface area (TPSA) is 49.9 Å². The van der Waals surface area contributed by atoms with Gasteiger partial charge in [0.05, 0.1) is 6.54 Å². The first kappa shape index (κ1) is 21.6. The van der Waals surface area contributed by atoms with E-state index in [0.717, 1.165) is 10.5 Å². The van der Waals surface area contributed by atoms with Gasteiger partial charge in [0, 0.05) is 21.7 Å². The first-order valence-corrected chi connectivity index (χ1v) is 10.2. The molecule has 2 amide bonds. The lowest BCUT2D eigenvalue weighted by molar-refractivity contribution is -0.127. The zero-order valence-corrected chi connectivity index (χ0v) is 18.4. The summed E-state index contributed by atoms with van der Waals surface area (Å²) in [6.45, 7) is 7.30. The summed E-state index contributed by atoms with van der Waals surface area (Å²) in [5.74, 6) is -0.358. The van der Waals surface area contributed by atoms with Crippen LogP contribution >= 0.6 is 23.2 Å². The van der Waals surface area contributed by atoms with Gasteiger partial charge in [-0.3, -0.25) is 9.69 Å². The zero-order valence-electron chi connectivity index (χ0n) is 16.9. The highest BCUT2D eigenvalue weighted by atomic mass is 35.5. The Kier molecular flexibility index (Phi) is 6.22. The SMILES string of the molecule is C[C@H](c1ccccc1)N1CC(=O)N(C(=O)OC(C)(C)C)[C@H]1c1c(Cl)cccc1Cl. The fourth-order valence-electron chi connectivity index (χ4n) is 3.44. The van der Waals surface area contributed by atoms with Gasteiger partial charge in [-0.1, -0.05) is 59.6 Å². The summed E-state index contributed by atoms with van der Waals surface area (Å²) in [6.07, 6.45) is -1.49. The summed E-state index contributed by atoms with van der Waals surface area (Å²) in [4.78, 5) is 28.9. The minimum atomic E-state index is -0.770. The third kappa shape index (κ3) is 4.58. The van der Waals surface area contributed by atoms with Crippen molar-refractivity contribution in [1.82, 2.24) is 9.80 Å². The van der Waals surface area contributed by atoms with Crippen molar-refractivity contribution in [3.05, 3.63) is 69.7 Å². The molecule has 1 saturated heterocycles. The normalized spacial score (nSPS) is 18.8. The van der Waals surface area contributed by atoms with Crippen molar-refractivity contribution in [1.29, 1.82) is 0 Å². The third-order valence-corrected chi connectivity index (χ3v) is 5.43. The average molecular weight is 435 g/mol. The largest absolute Gasteiger partial charge is 0.443 e. The minimum absolute atomic E-state index is 0.0432. The number of hydrogen-bond donors (Lipinski definition) is 0. The molecule has 0 N–H and O–H groups in total. The number of halogens is 2. The Morgan fingerprint density at radius 1 is 1.07 bits per heavy atom. The number of benzene rings is 2. The molecule has 5 nitrogen and oxygen atoms in total. The van der Waals surface area contributed by atoms with Crippen molar-refractivity contribution in [2.24, 2.45) is 0 Å². The molecular weight excluding hydrogens is 411 g/mol. The van der Waals surface area contributed by atoms with Crippen LogP contribution in [-0.2, 0) is 9.53 Å². The lowest BCUT2D eigenvalue weighted by Gasteiger charge is -2.34. The number of rotatable bonds is 3. The van der Waals surface area contributed by atoms with Gasteiger partial charge < -0.3 is 4.74 Å². The highest BCUT2D eigenvalue weighted by Crippen LogP contribution is 2.43. The van der Waals surface area contributed by atoms with Crippen molar-refractivity contribution in [3.8, 4) is 0 Å². The standard InChI is InChI=1S/C22H24Cl2N2O3/c1-14(15-9-6-5-7-10-15)25-13-18(27)26(21(28)29-22(2,3)4)20(25)19-16(23)11-8-12-17(19)24/h5-12,14,20H,13H2,1-4H3/t14-,20+/m1/s1. The van der Waals surface area contributed by atoms with E-state index in [1.165, 1.54) is 0 Å².